The smallest absolute Gasteiger partial charge is 0.0697 e. The van der Waals surface area contributed by atoms with Crippen LogP contribution in [-0.4, -0.2) is 28.2 Å². The van der Waals surface area contributed by atoms with Crippen LogP contribution in [0.2, 0.25) is 5.02 Å². The number of hydrogen-bond donors (Lipinski definition) is 2. The van der Waals surface area contributed by atoms with Gasteiger partial charge in [-0.3, -0.25) is 0 Å². The van der Waals surface area contributed by atoms with E-state index in [9.17, 15) is 5.11 Å². The van der Waals surface area contributed by atoms with Gasteiger partial charge in [-0.25, -0.2) is 0 Å². The van der Waals surface area contributed by atoms with E-state index in [1.807, 2.05) is 24.3 Å². The van der Waals surface area contributed by atoms with Crippen molar-refractivity contribution in [3.63, 3.8) is 0 Å². The molecule has 0 radical (unpaired) electrons. The summed E-state index contributed by atoms with van der Waals surface area (Å²) in [4.78, 5) is 1.12. The molecule has 2 nitrogen and oxygen atoms in total. The molecule has 1 rings (SSSR count). The topological polar surface area (TPSA) is 40.5 Å². The molecule has 0 heterocycles. The van der Waals surface area contributed by atoms with E-state index >= 15 is 0 Å². The number of unbranched alkanes of at least 4 members (excludes halogenated alkanes) is 11. The fourth-order valence-corrected chi connectivity index (χ4v) is 4.74. The fraction of sp³-hybridized carbons (Fsp3) is 0.692. The lowest BCUT2D eigenvalue weighted by Crippen LogP contribution is -2.21. The molecule has 0 aliphatic rings. The molecule has 0 aromatic heterocycles. The van der Waals surface area contributed by atoms with E-state index in [4.69, 9.17) is 16.7 Å². The summed E-state index contributed by atoms with van der Waals surface area (Å²) >= 11 is 7.68. The Labute approximate surface area is 194 Å². The quantitative estimate of drug-likeness (QED) is 0.126. The van der Waals surface area contributed by atoms with Gasteiger partial charge in [0.05, 0.1) is 11.4 Å². The van der Waals surface area contributed by atoms with Gasteiger partial charge in [0.15, 0.2) is 0 Å². The largest absolute Gasteiger partial charge is 0.396 e. The molecule has 2 atom stereocenters. The van der Waals surface area contributed by atoms with Crippen LogP contribution in [0.5, 0.6) is 0 Å². The van der Waals surface area contributed by atoms with E-state index in [0.29, 0.717) is 6.42 Å². The summed E-state index contributed by atoms with van der Waals surface area (Å²) in [6.07, 6.45) is 21.0. The highest BCUT2D eigenvalue weighted by Gasteiger charge is 2.17. The van der Waals surface area contributed by atoms with Crippen LogP contribution in [0.4, 0.5) is 0 Å². The van der Waals surface area contributed by atoms with Crippen LogP contribution >= 0.6 is 23.4 Å². The van der Waals surface area contributed by atoms with E-state index < -0.39 is 6.10 Å². The van der Waals surface area contributed by atoms with Crippen molar-refractivity contribution in [1.29, 1.82) is 0 Å². The Bertz CT molecular complexity index is 532. The molecule has 0 bridgehead atoms. The lowest BCUT2D eigenvalue weighted by molar-refractivity contribution is 0.164. The molecule has 30 heavy (non-hydrogen) atoms. The van der Waals surface area contributed by atoms with Gasteiger partial charge in [-0.2, -0.15) is 0 Å². The van der Waals surface area contributed by atoms with Crippen molar-refractivity contribution in [3.8, 4) is 0 Å². The molecular formula is C26H43ClO2S. The first-order valence-corrected chi connectivity index (χ1v) is 13.3. The van der Waals surface area contributed by atoms with Gasteiger partial charge >= 0.3 is 0 Å². The van der Waals surface area contributed by atoms with Crippen molar-refractivity contribution in [1.82, 2.24) is 0 Å². The summed E-state index contributed by atoms with van der Waals surface area (Å²) in [5.74, 6) is 0. The minimum atomic E-state index is -0.402. The van der Waals surface area contributed by atoms with Crippen molar-refractivity contribution in [2.75, 3.05) is 6.61 Å². The molecule has 1 aromatic rings. The SMILES string of the molecule is CCCCCCCCCCCCC=C[C@@H](Sc1ccc(Cl)cc1)[C@@H](O)CCCCO. The Balaban J connectivity index is 2.30. The molecule has 0 saturated carbocycles. The van der Waals surface area contributed by atoms with Crippen molar-refractivity contribution < 1.29 is 10.2 Å². The molecule has 0 saturated heterocycles. The average molecular weight is 455 g/mol. The molecule has 0 spiro atoms. The van der Waals surface area contributed by atoms with Crippen LogP contribution in [0.3, 0.4) is 0 Å². The van der Waals surface area contributed by atoms with Crippen LogP contribution in [0, 0.1) is 0 Å². The van der Waals surface area contributed by atoms with Gasteiger partial charge in [-0.05, 0) is 56.4 Å². The third-order valence-electron chi connectivity index (χ3n) is 5.42. The zero-order valence-corrected chi connectivity index (χ0v) is 20.5. The van der Waals surface area contributed by atoms with E-state index in [-0.39, 0.29) is 11.9 Å². The van der Waals surface area contributed by atoms with Gasteiger partial charge < -0.3 is 10.2 Å². The third-order valence-corrected chi connectivity index (χ3v) is 6.96. The Hall–Kier alpha value is -0.480. The number of hydrogen-bond acceptors (Lipinski definition) is 3. The standard InChI is InChI=1S/C26H43ClO2S/c1-2-3-4-5-6-7-8-9-10-11-12-13-17-26(25(29)16-14-15-22-28)30-24-20-18-23(27)19-21-24/h13,17-21,25-26,28-29H,2-12,14-16,22H2,1H3/t25-,26+/m0/s1. The number of rotatable bonds is 19. The molecular weight excluding hydrogens is 412 g/mol. The average Bonchev–Trinajstić information content (AvgIpc) is 2.75. The summed E-state index contributed by atoms with van der Waals surface area (Å²) in [5.41, 5.74) is 0. The van der Waals surface area contributed by atoms with Crippen LogP contribution in [0.1, 0.15) is 96.8 Å². The van der Waals surface area contributed by atoms with Gasteiger partial charge in [0, 0.05) is 16.5 Å². The first-order valence-electron chi connectivity index (χ1n) is 12.0. The van der Waals surface area contributed by atoms with E-state index in [0.717, 1.165) is 29.2 Å². The highest BCUT2D eigenvalue weighted by molar-refractivity contribution is 8.00. The predicted molar refractivity (Wildman–Crippen MR) is 134 cm³/mol. The predicted octanol–water partition coefficient (Wildman–Crippen LogP) is 8.19. The van der Waals surface area contributed by atoms with Gasteiger partial charge in [0.1, 0.15) is 0 Å². The van der Waals surface area contributed by atoms with Crippen molar-refractivity contribution in [3.05, 3.63) is 41.4 Å². The molecule has 0 fully saturated rings. The second-order valence-electron chi connectivity index (χ2n) is 8.22. The van der Waals surface area contributed by atoms with Gasteiger partial charge in [0.25, 0.3) is 0 Å². The molecule has 0 aliphatic heterocycles. The summed E-state index contributed by atoms with van der Waals surface area (Å²) in [7, 11) is 0. The minimum absolute atomic E-state index is 0.0352. The number of benzene rings is 1. The number of halogens is 1. The monoisotopic (exact) mass is 454 g/mol. The maximum Gasteiger partial charge on any atom is 0.0697 e. The van der Waals surface area contributed by atoms with Crippen molar-refractivity contribution in [2.45, 2.75) is 113 Å². The number of aliphatic hydroxyl groups is 2. The van der Waals surface area contributed by atoms with Crippen LogP contribution < -0.4 is 0 Å². The minimum Gasteiger partial charge on any atom is -0.396 e. The van der Waals surface area contributed by atoms with E-state index in [2.05, 4.69) is 19.1 Å². The number of allylic oxidation sites excluding steroid dienone is 1. The molecule has 172 valence electrons. The first-order chi connectivity index (χ1) is 14.7. The Morgan fingerprint density at radius 1 is 0.867 bits per heavy atom. The highest BCUT2D eigenvalue weighted by Crippen LogP contribution is 2.29. The zero-order chi connectivity index (χ0) is 21.9. The molecule has 4 heteroatoms. The van der Waals surface area contributed by atoms with E-state index in [1.165, 1.54) is 64.2 Å². The van der Waals surface area contributed by atoms with Gasteiger partial charge in [0.2, 0.25) is 0 Å². The van der Waals surface area contributed by atoms with Gasteiger partial charge in [-0.15, -0.1) is 11.8 Å². The third kappa shape index (κ3) is 14.5. The Morgan fingerprint density at radius 2 is 1.47 bits per heavy atom. The normalized spacial score (nSPS) is 13.7. The zero-order valence-electron chi connectivity index (χ0n) is 18.9. The molecule has 2 N–H and O–H groups in total. The molecule has 0 amide bonds. The summed E-state index contributed by atoms with van der Waals surface area (Å²) < 4.78 is 0. The van der Waals surface area contributed by atoms with Crippen LogP contribution in [-0.2, 0) is 0 Å². The highest BCUT2D eigenvalue weighted by atomic mass is 35.5. The van der Waals surface area contributed by atoms with Crippen LogP contribution in [0.25, 0.3) is 0 Å². The Morgan fingerprint density at radius 3 is 2.07 bits per heavy atom. The number of thioether (sulfide) groups is 1. The second kappa shape index (κ2) is 19.2. The lowest BCUT2D eigenvalue weighted by Gasteiger charge is -2.19. The fourth-order valence-electron chi connectivity index (χ4n) is 3.53. The van der Waals surface area contributed by atoms with Gasteiger partial charge in [-0.1, -0.05) is 88.5 Å². The van der Waals surface area contributed by atoms with E-state index in [1.54, 1.807) is 11.8 Å². The van der Waals surface area contributed by atoms with Crippen LogP contribution in [0.15, 0.2) is 41.3 Å². The summed E-state index contributed by atoms with van der Waals surface area (Å²) in [6.45, 7) is 2.46. The maximum absolute atomic E-state index is 10.6. The Kier molecular flexibility index (Phi) is 17.7. The molecule has 0 aliphatic carbocycles. The molecule has 1 aromatic carbocycles. The van der Waals surface area contributed by atoms with Crippen molar-refractivity contribution >= 4 is 23.4 Å². The van der Waals surface area contributed by atoms with Crippen molar-refractivity contribution in [2.24, 2.45) is 0 Å². The second-order valence-corrected chi connectivity index (χ2v) is 9.91. The summed E-state index contributed by atoms with van der Waals surface area (Å²) in [5, 5.41) is 20.4. The molecule has 0 unspecified atom stereocenters. The first kappa shape index (κ1) is 27.6. The summed E-state index contributed by atoms with van der Waals surface area (Å²) in [6, 6.07) is 7.81. The number of aliphatic hydroxyl groups excluding tert-OH is 2. The maximum atomic E-state index is 10.6. The lowest BCUT2D eigenvalue weighted by atomic mass is 10.1.